The summed E-state index contributed by atoms with van der Waals surface area (Å²) >= 11 is 0. The van der Waals surface area contributed by atoms with Gasteiger partial charge in [0.25, 0.3) is 0 Å². The summed E-state index contributed by atoms with van der Waals surface area (Å²) in [5, 5.41) is 3.33. The van der Waals surface area contributed by atoms with Crippen molar-refractivity contribution in [3.63, 3.8) is 0 Å². The highest BCUT2D eigenvalue weighted by Crippen LogP contribution is 2.41. The molecule has 0 spiro atoms. The van der Waals surface area contributed by atoms with Crippen molar-refractivity contribution in [2.75, 3.05) is 11.9 Å². The lowest BCUT2D eigenvalue weighted by molar-refractivity contribution is 0.781. The second-order valence-corrected chi connectivity index (χ2v) is 7.06. The zero-order valence-electron chi connectivity index (χ0n) is 15.5. The SMILES string of the molecule is c1ccc(C2Cc3cnc(NCCc4c[nH]cn4)nc3-c3ccccc32)cc1. The summed E-state index contributed by atoms with van der Waals surface area (Å²) in [5.41, 5.74) is 7.14. The third-order valence-corrected chi connectivity index (χ3v) is 5.30. The van der Waals surface area contributed by atoms with Crippen LogP contribution < -0.4 is 5.32 Å². The van der Waals surface area contributed by atoms with Crippen molar-refractivity contribution in [2.24, 2.45) is 0 Å². The number of hydrogen-bond donors (Lipinski definition) is 2. The van der Waals surface area contributed by atoms with Gasteiger partial charge in [-0.15, -0.1) is 0 Å². The molecule has 2 aromatic carbocycles. The maximum Gasteiger partial charge on any atom is 0.223 e. The number of rotatable bonds is 5. The van der Waals surface area contributed by atoms with E-state index in [4.69, 9.17) is 4.98 Å². The van der Waals surface area contributed by atoms with Crippen LogP contribution in [0.15, 0.2) is 73.3 Å². The van der Waals surface area contributed by atoms with Gasteiger partial charge in [0.15, 0.2) is 0 Å². The third kappa shape index (κ3) is 3.16. The van der Waals surface area contributed by atoms with Crippen molar-refractivity contribution < 1.29 is 0 Å². The first-order valence-electron chi connectivity index (χ1n) is 9.60. The normalized spacial score (nSPS) is 14.9. The fraction of sp³-hybridized carbons (Fsp3) is 0.174. The van der Waals surface area contributed by atoms with Crippen LogP contribution in [0.5, 0.6) is 0 Å². The summed E-state index contributed by atoms with van der Waals surface area (Å²) in [4.78, 5) is 16.6. The molecule has 0 amide bonds. The van der Waals surface area contributed by atoms with Crippen LogP contribution in [0.25, 0.3) is 11.3 Å². The van der Waals surface area contributed by atoms with E-state index in [0.717, 1.165) is 30.8 Å². The molecule has 1 aliphatic rings. The molecule has 28 heavy (non-hydrogen) atoms. The Labute approximate surface area is 163 Å². The third-order valence-electron chi connectivity index (χ3n) is 5.30. The summed E-state index contributed by atoms with van der Waals surface area (Å²) in [6.07, 6.45) is 7.34. The Morgan fingerprint density at radius 2 is 1.86 bits per heavy atom. The minimum atomic E-state index is 0.340. The van der Waals surface area contributed by atoms with Crippen molar-refractivity contribution in [2.45, 2.75) is 18.8 Å². The standard InChI is InChI=1S/C23H21N5/c1-2-6-16(7-3-1)21-12-17-13-26-23(25-11-10-18-14-24-15-27-18)28-22(17)20-9-5-4-8-19(20)21/h1-9,13-15,21H,10-12H2,(H,24,27)(H,25,26,28). The number of nitrogens with zero attached hydrogens (tertiary/aromatic N) is 3. The first-order chi connectivity index (χ1) is 13.9. The fourth-order valence-electron chi connectivity index (χ4n) is 3.93. The van der Waals surface area contributed by atoms with Crippen molar-refractivity contribution >= 4 is 5.95 Å². The quantitative estimate of drug-likeness (QED) is 0.554. The molecule has 5 rings (SSSR count). The van der Waals surface area contributed by atoms with E-state index in [-0.39, 0.29) is 0 Å². The van der Waals surface area contributed by atoms with Crippen molar-refractivity contribution in [1.29, 1.82) is 0 Å². The van der Waals surface area contributed by atoms with E-state index in [2.05, 4.69) is 74.9 Å². The molecular formula is C23H21N5. The van der Waals surface area contributed by atoms with E-state index in [9.17, 15) is 0 Å². The van der Waals surface area contributed by atoms with E-state index in [1.54, 1.807) is 6.33 Å². The Balaban J connectivity index is 1.44. The van der Waals surface area contributed by atoms with Gasteiger partial charge in [-0.05, 0) is 23.1 Å². The van der Waals surface area contributed by atoms with E-state index in [1.165, 1.54) is 22.3 Å². The zero-order chi connectivity index (χ0) is 18.8. The second-order valence-electron chi connectivity index (χ2n) is 7.06. The van der Waals surface area contributed by atoms with Crippen LogP contribution >= 0.6 is 0 Å². The van der Waals surface area contributed by atoms with Gasteiger partial charge in [0.1, 0.15) is 0 Å². The van der Waals surface area contributed by atoms with E-state index in [0.29, 0.717) is 11.9 Å². The van der Waals surface area contributed by atoms with Crippen LogP contribution in [0.4, 0.5) is 5.95 Å². The number of imidazole rings is 1. The summed E-state index contributed by atoms with van der Waals surface area (Å²) in [6, 6.07) is 19.3. The minimum Gasteiger partial charge on any atom is -0.354 e. The molecule has 2 N–H and O–H groups in total. The number of aromatic amines is 1. The highest BCUT2D eigenvalue weighted by atomic mass is 15.1. The number of fused-ring (bicyclic) bond motifs is 3. The van der Waals surface area contributed by atoms with Crippen LogP contribution in [-0.4, -0.2) is 26.5 Å². The Kier molecular flexibility index (Phi) is 4.33. The molecule has 0 radical (unpaired) electrons. The number of anilines is 1. The van der Waals surface area contributed by atoms with E-state index < -0.39 is 0 Å². The molecule has 0 bridgehead atoms. The first-order valence-corrected chi connectivity index (χ1v) is 9.60. The van der Waals surface area contributed by atoms with Crippen LogP contribution in [0.2, 0.25) is 0 Å². The van der Waals surface area contributed by atoms with E-state index >= 15 is 0 Å². The number of benzene rings is 2. The average Bonchev–Trinajstić information content (AvgIpc) is 3.27. The number of H-pyrrole nitrogens is 1. The fourth-order valence-corrected chi connectivity index (χ4v) is 3.93. The molecule has 0 fully saturated rings. The van der Waals surface area contributed by atoms with Gasteiger partial charge in [-0.25, -0.2) is 15.0 Å². The van der Waals surface area contributed by atoms with Crippen LogP contribution in [0.3, 0.4) is 0 Å². The highest BCUT2D eigenvalue weighted by molar-refractivity contribution is 5.72. The summed E-state index contributed by atoms with van der Waals surface area (Å²) < 4.78 is 0. The van der Waals surface area contributed by atoms with Gasteiger partial charge >= 0.3 is 0 Å². The number of nitrogens with one attached hydrogen (secondary N) is 2. The maximum atomic E-state index is 4.85. The Morgan fingerprint density at radius 1 is 1.00 bits per heavy atom. The highest BCUT2D eigenvalue weighted by Gasteiger charge is 2.27. The predicted molar refractivity (Wildman–Crippen MR) is 110 cm³/mol. The first kappa shape index (κ1) is 16.7. The zero-order valence-corrected chi connectivity index (χ0v) is 15.5. The predicted octanol–water partition coefficient (Wildman–Crippen LogP) is 4.21. The molecule has 0 aliphatic heterocycles. The Bertz CT molecular complexity index is 1070. The molecule has 1 aliphatic carbocycles. The smallest absolute Gasteiger partial charge is 0.223 e. The second kappa shape index (κ2) is 7.27. The van der Waals surface area contributed by atoms with Crippen LogP contribution in [0.1, 0.15) is 28.3 Å². The molecule has 0 saturated carbocycles. The molecule has 2 aromatic heterocycles. The van der Waals surface area contributed by atoms with Gasteiger partial charge in [0, 0.05) is 36.8 Å². The summed E-state index contributed by atoms with van der Waals surface area (Å²) in [6.45, 7) is 0.748. The summed E-state index contributed by atoms with van der Waals surface area (Å²) in [5.74, 6) is 1.01. The van der Waals surface area contributed by atoms with Crippen molar-refractivity contribution in [3.05, 3.63) is 95.7 Å². The lowest BCUT2D eigenvalue weighted by Gasteiger charge is -2.27. The molecule has 2 heterocycles. The van der Waals surface area contributed by atoms with Gasteiger partial charge in [-0.3, -0.25) is 0 Å². The molecule has 5 nitrogen and oxygen atoms in total. The lowest BCUT2D eigenvalue weighted by Crippen LogP contribution is -2.16. The number of hydrogen-bond acceptors (Lipinski definition) is 4. The molecule has 138 valence electrons. The molecule has 4 aromatic rings. The molecule has 0 saturated heterocycles. The monoisotopic (exact) mass is 367 g/mol. The van der Waals surface area contributed by atoms with Gasteiger partial charge in [-0.1, -0.05) is 54.6 Å². The van der Waals surface area contributed by atoms with Crippen molar-refractivity contribution in [1.82, 2.24) is 19.9 Å². The van der Waals surface area contributed by atoms with E-state index in [1.807, 2.05) is 12.4 Å². The molecule has 1 atom stereocenters. The largest absolute Gasteiger partial charge is 0.354 e. The lowest BCUT2D eigenvalue weighted by atomic mass is 9.78. The molecule has 1 unspecified atom stereocenters. The van der Waals surface area contributed by atoms with Crippen LogP contribution in [-0.2, 0) is 12.8 Å². The van der Waals surface area contributed by atoms with Gasteiger partial charge in [0.05, 0.1) is 17.7 Å². The van der Waals surface area contributed by atoms with Gasteiger partial charge in [-0.2, -0.15) is 0 Å². The maximum absolute atomic E-state index is 4.85. The molecular weight excluding hydrogens is 346 g/mol. The van der Waals surface area contributed by atoms with Crippen molar-refractivity contribution in [3.8, 4) is 11.3 Å². The topological polar surface area (TPSA) is 66.5 Å². The van der Waals surface area contributed by atoms with Crippen LogP contribution in [0, 0.1) is 0 Å². The molecule has 5 heteroatoms. The van der Waals surface area contributed by atoms with Gasteiger partial charge < -0.3 is 10.3 Å². The Morgan fingerprint density at radius 3 is 2.71 bits per heavy atom. The summed E-state index contributed by atoms with van der Waals surface area (Å²) in [7, 11) is 0. The number of aromatic nitrogens is 4. The average molecular weight is 367 g/mol. The minimum absolute atomic E-state index is 0.340. The Hall–Kier alpha value is -3.47. The van der Waals surface area contributed by atoms with Gasteiger partial charge in [0.2, 0.25) is 5.95 Å².